The highest BCUT2D eigenvalue weighted by Crippen LogP contribution is 2.38. The summed E-state index contributed by atoms with van der Waals surface area (Å²) in [6, 6.07) is -0.792. The van der Waals surface area contributed by atoms with Crippen LogP contribution in [0.2, 0.25) is 0 Å². The number of aliphatic hydroxyl groups excluding tert-OH is 1. The van der Waals surface area contributed by atoms with Gasteiger partial charge in [-0.3, -0.25) is 9.36 Å². The van der Waals surface area contributed by atoms with Crippen LogP contribution in [0.4, 0.5) is 0 Å². The van der Waals surface area contributed by atoms with Crippen molar-refractivity contribution < 1.29 is 32.9 Å². The molecule has 0 aliphatic carbocycles. The Bertz CT molecular complexity index is 824. The van der Waals surface area contributed by atoms with Crippen molar-refractivity contribution in [3.05, 3.63) is 0 Å². The number of rotatable bonds is 41. The molecule has 2 N–H and O–H groups in total. The van der Waals surface area contributed by atoms with Gasteiger partial charge in [-0.2, -0.15) is 0 Å². The number of phosphoric ester groups is 1. The number of nitrogens with zero attached hydrogens (tertiary/aromatic N) is 1. The maximum absolute atomic E-state index is 12.9. The molecule has 0 saturated heterocycles. The minimum Gasteiger partial charge on any atom is -0.756 e. The topological polar surface area (TPSA) is 108 Å². The monoisotopic (exact) mass is 761 g/mol. The van der Waals surface area contributed by atoms with E-state index in [4.69, 9.17) is 9.05 Å². The zero-order valence-electron chi connectivity index (χ0n) is 35.3. The lowest BCUT2D eigenvalue weighted by molar-refractivity contribution is -0.870. The van der Waals surface area contributed by atoms with Gasteiger partial charge in [0.2, 0.25) is 5.91 Å². The lowest BCUT2D eigenvalue weighted by Crippen LogP contribution is -2.46. The first-order valence-electron chi connectivity index (χ1n) is 22.4. The molecule has 0 aromatic heterocycles. The number of hydrogen-bond acceptors (Lipinski definition) is 6. The number of hydrogen-bond donors (Lipinski definition) is 2. The van der Waals surface area contributed by atoms with Gasteiger partial charge >= 0.3 is 0 Å². The van der Waals surface area contributed by atoms with Crippen molar-refractivity contribution in [3.8, 4) is 0 Å². The fourth-order valence-electron chi connectivity index (χ4n) is 6.75. The third kappa shape index (κ3) is 37.8. The maximum Gasteiger partial charge on any atom is 0.268 e. The first-order chi connectivity index (χ1) is 25.0. The van der Waals surface area contributed by atoms with E-state index in [-0.39, 0.29) is 19.1 Å². The van der Waals surface area contributed by atoms with Crippen molar-refractivity contribution in [2.75, 3.05) is 40.9 Å². The Morgan fingerprint density at radius 3 is 1.31 bits per heavy atom. The van der Waals surface area contributed by atoms with E-state index in [0.717, 1.165) is 38.5 Å². The van der Waals surface area contributed by atoms with E-state index in [1.807, 2.05) is 21.1 Å². The van der Waals surface area contributed by atoms with Crippen LogP contribution >= 0.6 is 7.82 Å². The second-order valence-electron chi connectivity index (χ2n) is 16.8. The van der Waals surface area contributed by atoms with Crippen molar-refractivity contribution in [2.45, 2.75) is 231 Å². The molecule has 3 atom stereocenters. The van der Waals surface area contributed by atoms with Crippen LogP contribution < -0.4 is 10.2 Å². The van der Waals surface area contributed by atoms with Gasteiger partial charge in [0.1, 0.15) is 13.2 Å². The molecule has 0 radical (unpaired) electrons. The molecule has 0 fully saturated rings. The van der Waals surface area contributed by atoms with Gasteiger partial charge in [0.05, 0.1) is 39.9 Å². The van der Waals surface area contributed by atoms with Crippen LogP contribution in [0.15, 0.2) is 0 Å². The number of nitrogens with one attached hydrogen (secondary N) is 1. The van der Waals surface area contributed by atoms with E-state index in [9.17, 15) is 19.4 Å². The van der Waals surface area contributed by atoms with E-state index < -0.39 is 20.0 Å². The highest BCUT2D eigenvalue weighted by molar-refractivity contribution is 7.45. The molecule has 0 aromatic rings. The number of carbonyl (C=O) groups is 1. The van der Waals surface area contributed by atoms with Gasteiger partial charge in [-0.1, -0.05) is 200 Å². The first kappa shape index (κ1) is 51.5. The lowest BCUT2D eigenvalue weighted by atomic mass is 10.0. The lowest BCUT2D eigenvalue weighted by Gasteiger charge is -2.30. The average molecular weight is 761 g/mol. The number of phosphoric acid groups is 1. The summed E-state index contributed by atoms with van der Waals surface area (Å²) >= 11 is 0. The number of quaternary nitrogens is 1. The molecule has 52 heavy (non-hydrogen) atoms. The molecule has 1 amide bonds. The third-order valence-corrected chi connectivity index (χ3v) is 11.3. The normalized spacial score (nSPS) is 14.4. The van der Waals surface area contributed by atoms with Crippen LogP contribution in [0.25, 0.3) is 0 Å². The summed E-state index contributed by atoms with van der Waals surface area (Å²) < 4.78 is 23.2. The fraction of sp³-hybridized carbons (Fsp3) is 0.977. The van der Waals surface area contributed by atoms with Gasteiger partial charge < -0.3 is 28.8 Å². The maximum atomic E-state index is 12.9. The van der Waals surface area contributed by atoms with Gasteiger partial charge in [0.15, 0.2) is 0 Å². The SMILES string of the molecule is CCCCCCCCCCCCCCCCCCCCC(=O)NC(COP(=O)([O-])OCC[N+](C)(C)C)C(O)CCCCCCCCCCCCCC. The molecular formula is C43H89N2O6P. The number of carbonyl (C=O) groups excluding carboxylic acids is 1. The minimum atomic E-state index is -4.55. The Labute approximate surface area is 323 Å². The van der Waals surface area contributed by atoms with Crippen LogP contribution in [0.3, 0.4) is 0 Å². The summed E-state index contributed by atoms with van der Waals surface area (Å²) in [5, 5.41) is 13.9. The Morgan fingerprint density at radius 1 is 0.596 bits per heavy atom. The largest absolute Gasteiger partial charge is 0.756 e. The smallest absolute Gasteiger partial charge is 0.268 e. The molecule has 0 saturated carbocycles. The van der Waals surface area contributed by atoms with Crippen molar-refractivity contribution in [3.63, 3.8) is 0 Å². The molecule has 0 spiro atoms. The van der Waals surface area contributed by atoms with Gasteiger partial charge in [-0.15, -0.1) is 0 Å². The second-order valence-corrected chi connectivity index (χ2v) is 18.2. The molecule has 0 aliphatic rings. The summed E-state index contributed by atoms with van der Waals surface area (Å²) in [7, 11) is 1.32. The van der Waals surface area contributed by atoms with Gasteiger partial charge in [-0.05, 0) is 12.8 Å². The number of likely N-dealkylation sites (N-methyl/N-ethyl adjacent to an activating group) is 1. The predicted molar refractivity (Wildman–Crippen MR) is 219 cm³/mol. The quantitative estimate of drug-likeness (QED) is 0.0365. The molecule has 8 nitrogen and oxygen atoms in total. The van der Waals surface area contributed by atoms with Crippen molar-refractivity contribution in [1.82, 2.24) is 5.32 Å². The van der Waals surface area contributed by atoms with Crippen LogP contribution in [-0.4, -0.2) is 68.5 Å². The molecule has 0 rings (SSSR count). The zero-order chi connectivity index (χ0) is 38.6. The predicted octanol–water partition coefficient (Wildman–Crippen LogP) is 11.6. The average Bonchev–Trinajstić information content (AvgIpc) is 3.09. The zero-order valence-corrected chi connectivity index (χ0v) is 36.2. The Balaban J connectivity index is 4.29. The van der Waals surface area contributed by atoms with E-state index in [1.54, 1.807) is 0 Å². The summed E-state index contributed by atoms with van der Waals surface area (Å²) in [6.07, 6.45) is 38.1. The molecular weight excluding hydrogens is 671 g/mol. The first-order valence-corrected chi connectivity index (χ1v) is 23.8. The Hall–Kier alpha value is -0.500. The summed E-state index contributed by atoms with van der Waals surface area (Å²) in [5.74, 6) is -0.162. The Kier molecular flexibility index (Phi) is 35.8. The molecule has 3 unspecified atom stereocenters. The van der Waals surface area contributed by atoms with Crippen LogP contribution in [-0.2, 0) is 18.4 Å². The van der Waals surface area contributed by atoms with Crippen molar-refractivity contribution >= 4 is 13.7 Å². The highest BCUT2D eigenvalue weighted by Gasteiger charge is 2.24. The van der Waals surface area contributed by atoms with Crippen molar-refractivity contribution in [1.29, 1.82) is 0 Å². The second kappa shape index (κ2) is 36.2. The molecule has 0 heterocycles. The molecule has 0 bridgehead atoms. The summed E-state index contributed by atoms with van der Waals surface area (Å²) in [6.45, 7) is 4.73. The number of aliphatic hydroxyl groups is 1. The number of amides is 1. The molecule has 0 aromatic carbocycles. The number of unbranched alkanes of at least 4 members (excludes halogenated alkanes) is 28. The van der Waals surface area contributed by atoms with E-state index in [1.165, 1.54) is 154 Å². The standard InChI is InChI=1S/C43H89N2O6P/c1-6-8-10-12-14-16-18-20-21-22-23-24-25-27-29-31-33-35-37-43(47)44-41(40-51-52(48,49)50-39-38-45(3,4)5)42(46)36-34-32-30-28-26-19-17-15-13-11-9-7-2/h41-42,46H,6-40H2,1-5H3,(H-,44,47,48,49). The van der Waals surface area contributed by atoms with Gasteiger partial charge in [0.25, 0.3) is 7.82 Å². The minimum absolute atomic E-state index is 0.0159. The van der Waals surface area contributed by atoms with E-state index in [2.05, 4.69) is 19.2 Å². The van der Waals surface area contributed by atoms with Crippen LogP contribution in [0.1, 0.15) is 219 Å². The van der Waals surface area contributed by atoms with Crippen molar-refractivity contribution in [2.24, 2.45) is 0 Å². The highest BCUT2D eigenvalue weighted by atomic mass is 31.2. The summed E-state index contributed by atoms with van der Waals surface area (Å²) in [5.41, 5.74) is 0. The Morgan fingerprint density at radius 2 is 0.942 bits per heavy atom. The molecule has 312 valence electrons. The van der Waals surface area contributed by atoms with E-state index >= 15 is 0 Å². The van der Waals surface area contributed by atoms with Crippen LogP contribution in [0.5, 0.6) is 0 Å². The summed E-state index contributed by atoms with van der Waals surface area (Å²) in [4.78, 5) is 25.3. The fourth-order valence-corrected chi connectivity index (χ4v) is 7.47. The van der Waals surface area contributed by atoms with Gasteiger partial charge in [0, 0.05) is 6.42 Å². The van der Waals surface area contributed by atoms with Gasteiger partial charge in [-0.25, -0.2) is 0 Å². The van der Waals surface area contributed by atoms with E-state index in [0.29, 0.717) is 23.9 Å². The molecule has 9 heteroatoms. The molecule has 0 aliphatic heterocycles. The third-order valence-electron chi connectivity index (χ3n) is 10.3. The van der Waals surface area contributed by atoms with Crippen LogP contribution in [0, 0.1) is 0 Å².